The smallest absolute Gasteiger partial charge is 0.0967 e. The molecule has 2 rings (SSSR count). The van der Waals surface area contributed by atoms with Gasteiger partial charge in [-0.05, 0) is 12.8 Å². The summed E-state index contributed by atoms with van der Waals surface area (Å²) in [7, 11) is 0. The number of fused-ring (bicyclic) bond motifs is 2. The summed E-state index contributed by atoms with van der Waals surface area (Å²) < 4.78 is 11.5. The SMILES string of the molecule is CCC[C@H]1[C@@H]2CO[C@@]1(CC)CO2. The van der Waals surface area contributed by atoms with Crippen molar-refractivity contribution in [3.63, 3.8) is 0 Å². The van der Waals surface area contributed by atoms with Crippen molar-refractivity contribution in [1.29, 1.82) is 0 Å². The zero-order valence-electron chi connectivity index (χ0n) is 8.01. The Labute approximate surface area is 74.2 Å². The molecule has 2 aliphatic heterocycles. The molecule has 70 valence electrons. The monoisotopic (exact) mass is 170 g/mol. The van der Waals surface area contributed by atoms with Crippen LogP contribution in [0.1, 0.15) is 33.1 Å². The van der Waals surface area contributed by atoms with Crippen LogP contribution in [-0.4, -0.2) is 24.9 Å². The van der Waals surface area contributed by atoms with Gasteiger partial charge in [-0.3, -0.25) is 0 Å². The lowest BCUT2D eigenvalue weighted by Gasteiger charge is -2.27. The molecule has 0 aromatic carbocycles. The Morgan fingerprint density at radius 2 is 2.25 bits per heavy atom. The first-order valence-electron chi connectivity index (χ1n) is 5.08. The highest BCUT2D eigenvalue weighted by atomic mass is 16.6. The fourth-order valence-corrected chi connectivity index (χ4v) is 2.60. The van der Waals surface area contributed by atoms with Gasteiger partial charge in [0.15, 0.2) is 0 Å². The van der Waals surface area contributed by atoms with Gasteiger partial charge in [-0.25, -0.2) is 0 Å². The minimum absolute atomic E-state index is 0.0979. The van der Waals surface area contributed by atoms with Gasteiger partial charge in [-0.2, -0.15) is 0 Å². The lowest BCUT2D eigenvalue weighted by molar-refractivity contribution is -0.0981. The van der Waals surface area contributed by atoms with Crippen molar-refractivity contribution in [3.05, 3.63) is 0 Å². The molecule has 0 unspecified atom stereocenters. The highest BCUT2D eigenvalue weighted by molar-refractivity contribution is 5.01. The first kappa shape index (κ1) is 8.52. The lowest BCUT2D eigenvalue weighted by Crippen LogP contribution is -2.35. The van der Waals surface area contributed by atoms with Crippen LogP contribution in [0.25, 0.3) is 0 Å². The number of ether oxygens (including phenoxy) is 2. The average molecular weight is 170 g/mol. The van der Waals surface area contributed by atoms with Crippen molar-refractivity contribution in [2.75, 3.05) is 13.2 Å². The number of hydrogen-bond acceptors (Lipinski definition) is 2. The van der Waals surface area contributed by atoms with Crippen molar-refractivity contribution in [2.24, 2.45) is 5.92 Å². The normalized spacial score (nSPS) is 45.5. The van der Waals surface area contributed by atoms with Crippen LogP contribution in [0.15, 0.2) is 0 Å². The van der Waals surface area contributed by atoms with Crippen LogP contribution in [0.3, 0.4) is 0 Å². The third-order valence-corrected chi connectivity index (χ3v) is 3.40. The van der Waals surface area contributed by atoms with E-state index in [4.69, 9.17) is 9.47 Å². The lowest BCUT2D eigenvalue weighted by atomic mass is 9.84. The van der Waals surface area contributed by atoms with Gasteiger partial charge < -0.3 is 9.47 Å². The summed E-state index contributed by atoms with van der Waals surface area (Å²) in [5, 5.41) is 0. The van der Waals surface area contributed by atoms with Crippen molar-refractivity contribution in [1.82, 2.24) is 0 Å². The van der Waals surface area contributed by atoms with E-state index in [1.807, 2.05) is 0 Å². The second-order valence-electron chi connectivity index (χ2n) is 3.97. The summed E-state index contributed by atoms with van der Waals surface area (Å²) in [6.07, 6.45) is 4.02. The third kappa shape index (κ3) is 1.01. The second-order valence-corrected chi connectivity index (χ2v) is 3.97. The van der Waals surface area contributed by atoms with Crippen molar-refractivity contribution in [2.45, 2.75) is 44.8 Å². The molecule has 0 aromatic heterocycles. The molecular formula is C10H18O2. The van der Waals surface area contributed by atoms with Crippen LogP contribution >= 0.6 is 0 Å². The molecular weight excluding hydrogens is 152 g/mol. The molecule has 2 heterocycles. The molecule has 12 heavy (non-hydrogen) atoms. The first-order chi connectivity index (χ1) is 5.82. The molecule has 0 spiro atoms. The quantitative estimate of drug-likeness (QED) is 0.644. The number of rotatable bonds is 3. The molecule has 2 bridgehead atoms. The van der Waals surface area contributed by atoms with E-state index in [0.29, 0.717) is 12.0 Å². The van der Waals surface area contributed by atoms with E-state index in [-0.39, 0.29) is 5.60 Å². The predicted molar refractivity (Wildman–Crippen MR) is 47.1 cm³/mol. The van der Waals surface area contributed by atoms with E-state index < -0.39 is 0 Å². The largest absolute Gasteiger partial charge is 0.372 e. The van der Waals surface area contributed by atoms with Gasteiger partial charge in [-0.1, -0.05) is 20.3 Å². The van der Waals surface area contributed by atoms with Crippen LogP contribution < -0.4 is 0 Å². The molecule has 2 fully saturated rings. The van der Waals surface area contributed by atoms with Gasteiger partial charge >= 0.3 is 0 Å². The van der Waals surface area contributed by atoms with Gasteiger partial charge in [0.1, 0.15) is 0 Å². The Kier molecular flexibility index (Phi) is 2.13. The molecule has 2 heteroatoms. The van der Waals surface area contributed by atoms with Gasteiger partial charge in [0.25, 0.3) is 0 Å². The molecule has 0 aromatic rings. The Balaban J connectivity index is 2.10. The fourth-order valence-electron chi connectivity index (χ4n) is 2.60. The summed E-state index contributed by atoms with van der Waals surface area (Å²) in [5.41, 5.74) is 0.0979. The molecule has 0 amide bonds. The molecule has 2 nitrogen and oxygen atoms in total. The maximum absolute atomic E-state index is 5.83. The van der Waals surface area contributed by atoms with E-state index in [1.54, 1.807) is 0 Å². The second kappa shape index (κ2) is 3.00. The standard InChI is InChI=1S/C10H18O2/c1-3-5-8-9-6-12-10(8,4-2)7-11-9/h8-9H,3-7H2,1-2H3/t8-,9-,10-/m0/s1. The highest BCUT2D eigenvalue weighted by Gasteiger charge is 2.54. The minimum Gasteiger partial charge on any atom is -0.372 e. The van der Waals surface area contributed by atoms with Gasteiger partial charge in [-0.15, -0.1) is 0 Å². The maximum atomic E-state index is 5.83. The minimum atomic E-state index is 0.0979. The Morgan fingerprint density at radius 3 is 2.75 bits per heavy atom. The summed E-state index contributed by atoms with van der Waals surface area (Å²) in [6.45, 7) is 6.11. The van der Waals surface area contributed by atoms with E-state index in [2.05, 4.69) is 13.8 Å². The number of hydrogen-bond donors (Lipinski definition) is 0. The zero-order chi connectivity index (χ0) is 8.60. The van der Waals surface area contributed by atoms with Gasteiger partial charge in [0.05, 0.1) is 24.9 Å². The molecule has 0 radical (unpaired) electrons. The Morgan fingerprint density at radius 1 is 1.42 bits per heavy atom. The van der Waals surface area contributed by atoms with E-state index in [0.717, 1.165) is 19.6 Å². The van der Waals surface area contributed by atoms with Crippen LogP contribution in [0, 0.1) is 5.92 Å². The first-order valence-corrected chi connectivity index (χ1v) is 5.08. The highest BCUT2D eigenvalue weighted by Crippen LogP contribution is 2.45. The Bertz CT molecular complexity index is 159. The van der Waals surface area contributed by atoms with E-state index in [9.17, 15) is 0 Å². The summed E-state index contributed by atoms with van der Waals surface area (Å²) in [5.74, 6) is 0.674. The summed E-state index contributed by atoms with van der Waals surface area (Å²) in [6, 6.07) is 0. The molecule has 0 aliphatic carbocycles. The predicted octanol–water partition coefficient (Wildman–Crippen LogP) is 1.98. The van der Waals surface area contributed by atoms with Crippen molar-refractivity contribution >= 4 is 0 Å². The molecule has 2 saturated heterocycles. The average Bonchev–Trinajstić information content (AvgIpc) is 2.62. The molecule has 3 atom stereocenters. The molecule has 0 N–H and O–H groups in total. The Hall–Kier alpha value is -0.0800. The van der Waals surface area contributed by atoms with Crippen molar-refractivity contribution in [3.8, 4) is 0 Å². The molecule has 2 aliphatic rings. The van der Waals surface area contributed by atoms with E-state index >= 15 is 0 Å². The van der Waals surface area contributed by atoms with Crippen molar-refractivity contribution < 1.29 is 9.47 Å². The zero-order valence-corrected chi connectivity index (χ0v) is 8.01. The van der Waals surface area contributed by atoms with Gasteiger partial charge in [0.2, 0.25) is 0 Å². The summed E-state index contributed by atoms with van der Waals surface area (Å²) in [4.78, 5) is 0. The fraction of sp³-hybridized carbons (Fsp3) is 1.00. The van der Waals surface area contributed by atoms with E-state index in [1.165, 1.54) is 12.8 Å². The van der Waals surface area contributed by atoms with Crippen LogP contribution in [0.5, 0.6) is 0 Å². The maximum Gasteiger partial charge on any atom is 0.0967 e. The van der Waals surface area contributed by atoms with Crippen LogP contribution in [-0.2, 0) is 9.47 Å². The van der Waals surface area contributed by atoms with Gasteiger partial charge in [0, 0.05) is 5.92 Å². The topological polar surface area (TPSA) is 18.5 Å². The van der Waals surface area contributed by atoms with Crippen LogP contribution in [0.2, 0.25) is 0 Å². The molecule has 0 saturated carbocycles. The third-order valence-electron chi connectivity index (χ3n) is 3.40. The van der Waals surface area contributed by atoms with Crippen LogP contribution in [0.4, 0.5) is 0 Å². The summed E-state index contributed by atoms with van der Waals surface area (Å²) >= 11 is 0.